The number of thioether (sulfide) groups is 1. The van der Waals surface area contributed by atoms with Crippen LogP contribution in [0.1, 0.15) is 12.5 Å². The quantitative estimate of drug-likeness (QED) is 0.197. The zero-order valence-corrected chi connectivity index (χ0v) is 18.7. The Morgan fingerprint density at radius 3 is 2.59 bits per heavy atom. The number of aromatic nitrogens is 1. The van der Waals surface area contributed by atoms with Gasteiger partial charge in [0.2, 0.25) is 5.13 Å². The largest absolute Gasteiger partial charge is 0.282 e. The normalized spacial score (nSPS) is 16.5. The first-order chi connectivity index (χ1) is 15.5. The molecular weight excluding hydrogens is 444 g/mol. The SMILES string of the molecule is C=CCN1C(=O)/C(=C(\C)c2ccc([N+](=O)[O-])cc2)S/C1=N/c1nc(-c2ccccc2)cs1. The van der Waals surface area contributed by atoms with E-state index in [-0.39, 0.29) is 11.6 Å². The highest BCUT2D eigenvalue weighted by Gasteiger charge is 2.34. The first-order valence-electron chi connectivity index (χ1n) is 9.64. The standard InChI is InChI=1S/C23H18N4O3S2/c1-3-13-26-21(28)20(15(2)16-9-11-18(12-10-16)27(29)30)32-23(26)25-22-24-19(14-31-22)17-7-5-4-6-8-17/h3-12,14H,1,13H2,2H3/b20-15-,25-23+. The molecule has 0 saturated carbocycles. The average molecular weight is 463 g/mol. The minimum absolute atomic E-state index is 0.00507. The van der Waals surface area contributed by atoms with Crippen molar-refractivity contribution in [1.82, 2.24) is 9.88 Å². The van der Waals surface area contributed by atoms with Gasteiger partial charge < -0.3 is 0 Å². The van der Waals surface area contributed by atoms with Crippen molar-refractivity contribution in [2.45, 2.75) is 6.92 Å². The summed E-state index contributed by atoms with van der Waals surface area (Å²) in [7, 11) is 0. The van der Waals surface area contributed by atoms with Crippen molar-refractivity contribution in [1.29, 1.82) is 0 Å². The molecule has 0 spiro atoms. The van der Waals surface area contributed by atoms with Crippen molar-refractivity contribution in [3.63, 3.8) is 0 Å². The van der Waals surface area contributed by atoms with Gasteiger partial charge >= 0.3 is 0 Å². The van der Waals surface area contributed by atoms with Crippen molar-refractivity contribution in [2.75, 3.05) is 6.54 Å². The number of allylic oxidation sites excluding steroid dienone is 1. The van der Waals surface area contributed by atoms with Crippen LogP contribution in [0.25, 0.3) is 16.8 Å². The fraction of sp³-hybridized carbons (Fsp3) is 0.0870. The molecule has 9 heteroatoms. The zero-order valence-electron chi connectivity index (χ0n) is 17.1. The molecule has 0 bridgehead atoms. The predicted molar refractivity (Wildman–Crippen MR) is 130 cm³/mol. The maximum atomic E-state index is 13.1. The van der Waals surface area contributed by atoms with E-state index in [4.69, 9.17) is 0 Å². The summed E-state index contributed by atoms with van der Waals surface area (Å²) in [6.45, 7) is 5.89. The summed E-state index contributed by atoms with van der Waals surface area (Å²) in [4.78, 5) is 34.9. The summed E-state index contributed by atoms with van der Waals surface area (Å²) < 4.78 is 0. The van der Waals surface area contributed by atoms with Gasteiger partial charge in [-0.05, 0) is 42.0 Å². The number of nitrogens with zero attached hydrogens (tertiary/aromatic N) is 4. The molecule has 2 heterocycles. The van der Waals surface area contributed by atoms with Crippen LogP contribution in [0.5, 0.6) is 0 Å². The molecule has 1 aromatic heterocycles. The Morgan fingerprint density at radius 1 is 1.22 bits per heavy atom. The number of hydrogen-bond donors (Lipinski definition) is 0. The highest BCUT2D eigenvalue weighted by atomic mass is 32.2. The molecule has 0 aliphatic carbocycles. The molecular formula is C23H18N4O3S2. The molecule has 0 unspecified atom stereocenters. The molecule has 1 aliphatic heterocycles. The maximum absolute atomic E-state index is 13.1. The summed E-state index contributed by atoms with van der Waals surface area (Å²) in [5.74, 6) is -0.177. The van der Waals surface area contributed by atoms with E-state index in [1.807, 2.05) is 42.6 Å². The van der Waals surface area contributed by atoms with Crippen molar-refractivity contribution < 1.29 is 9.72 Å². The number of non-ortho nitro benzene ring substituents is 1. The molecule has 7 nitrogen and oxygen atoms in total. The van der Waals surface area contributed by atoms with E-state index in [0.29, 0.717) is 21.7 Å². The van der Waals surface area contributed by atoms with Gasteiger partial charge in [-0.1, -0.05) is 36.4 Å². The predicted octanol–water partition coefficient (Wildman–Crippen LogP) is 5.90. The number of nitro benzene ring substituents is 1. The van der Waals surface area contributed by atoms with E-state index < -0.39 is 4.92 Å². The molecule has 0 radical (unpaired) electrons. The molecule has 1 fully saturated rings. The van der Waals surface area contributed by atoms with E-state index in [2.05, 4.69) is 16.6 Å². The van der Waals surface area contributed by atoms with Gasteiger partial charge in [0.25, 0.3) is 11.6 Å². The highest BCUT2D eigenvalue weighted by molar-refractivity contribution is 8.18. The molecule has 160 valence electrons. The molecule has 2 aromatic carbocycles. The Balaban J connectivity index is 1.67. The van der Waals surface area contributed by atoms with E-state index in [9.17, 15) is 14.9 Å². The molecule has 1 saturated heterocycles. The van der Waals surface area contributed by atoms with Gasteiger partial charge in [-0.25, -0.2) is 4.98 Å². The fourth-order valence-electron chi connectivity index (χ4n) is 3.11. The van der Waals surface area contributed by atoms with Crippen molar-refractivity contribution >= 4 is 50.6 Å². The van der Waals surface area contributed by atoms with Gasteiger partial charge in [0, 0.05) is 29.6 Å². The lowest BCUT2D eigenvalue weighted by atomic mass is 10.1. The summed E-state index contributed by atoms with van der Waals surface area (Å²) in [6.07, 6.45) is 1.65. The Labute approximate surface area is 193 Å². The molecule has 4 rings (SSSR count). The van der Waals surface area contributed by atoms with Gasteiger partial charge in [0.1, 0.15) is 0 Å². The highest BCUT2D eigenvalue weighted by Crippen LogP contribution is 2.38. The third-order valence-electron chi connectivity index (χ3n) is 4.78. The molecule has 32 heavy (non-hydrogen) atoms. The number of hydrogen-bond acceptors (Lipinski definition) is 7. The van der Waals surface area contributed by atoms with Crippen LogP contribution in [0.2, 0.25) is 0 Å². The van der Waals surface area contributed by atoms with Gasteiger partial charge in [0.05, 0.1) is 15.5 Å². The summed E-state index contributed by atoms with van der Waals surface area (Å²) in [6, 6.07) is 16.0. The lowest BCUT2D eigenvalue weighted by Crippen LogP contribution is -2.29. The Bertz CT molecular complexity index is 1250. The Hall–Kier alpha value is -3.56. The second-order valence-electron chi connectivity index (χ2n) is 6.84. The number of amidine groups is 1. The van der Waals surface area contributed by atoms with Crippen molar-refractivity contribution in [3.8, 4) is 11.3 Å². The third-order valence-corrected chi connectivity index (χ3v) is 6.69. The number of carbonyl (C=O) groups excluding carboxylic acids is 1. The van der Waals surface area contributed by atoms with Gasteiger partial charge in [-0.2, -0.15) is 4.99 Å². The van der Waals surface area contributed by atoms with Crippen molar-refractivity contribution in [3.05, 3.63) is 93.2 Å². The van der Waals surface area contributed by atoms with Gasteiger partial charge in [-0.3, -0.25) is 19.8 Å². The Kier molecular flexibility index (Phi) is 6.29. The summed E-state index contributed by atoms with van der Waals surface area (Å²) >= 11 is 2.68. The number of amides is 1. The van der Waals surface area contributed by atoms with Gasteiger partial charge in [-0.15, -0.1) is 17.9 Å². The Morgan fingerprint density at radius 2 is 1.94 bits per heavy atom. The van der Waals surface area contributed by atoms with E-state index in [0.717, 1.165) is 22.4 Å². The zero-order chi connectivity index (χ0) is 22.7. The van der Waals surface area contributed by atoms with Crippen LogP contribution < -0.4 is 0 Å². The van der Waals surface area contributed by atoms with Crippen LogP contribution in [-0.2, 0) is 4.79 Å². The van der Waals surface area contributed by atoms with Crippen molar-refractivity contribution in [2.24, 2.45) is 4.99 Å². The number of carbonyl (C=O) groups is 1. The van der Waals surface area contributed by atoms with Crippen LogP contribution in [-0.4, -0.2) is 32.4 Å². The maximum Gasteiger partial charge on any atom is 0.269 e. The molecule has 0 N–H and O–H groups in total. The molecule has 1 aliphatic rings. The number of thiazole rings is 1. The number of rotatable bonds is 6. The molecule has 1 amide bonds. The smallest absolute Gasteiger partial charge is 0.269 e. The minimum atomic E-state index is -0.448. The fourth-order valence-corrected chi connectivity index (χ4v) is 4.92. The summed E-state index contributed by atoms with van der Waals surface area (Å²) in [5, 5.41) is 13.9. The second kappa shape index (κ2) is 9.29. The van der Waals surface area contributed by atoms with E-state index >= 15 is 0 Å². The first-order valence-corrected chi connectivity index (χ1v) is 11.3. The van der Waals surface area contributed by atoms with Crippen LogP contribution >= 0.6 is 23.1 Å². The third kappa shape index (κ3) is 4.39. The minimum Gasteiger partial charge on any atom is -0.282 e. The number of benzene rings is 2. The number of nitro groups is 1. The van der Waals surface area contributed by atoms with Crippen LogP contribution in [0.15, 0.2) is 82.5 Å². The van der Waals surface area contributed by atoms with Crippen LogP contribution in [0.4, 0.5) is 10.8 Å². The monoisotopic (exact) mass is 462 g/mol. The second-order valence-corrected chi connectivity index (χ2v) is 8.65. The van der Waals surface area contributed by atoms with Crippen LogP contribution in [0, 0.1) is 10.1 Å². The molecule has 3 aromatic rings. The molecule has 0 atom stereocenters. The lowest BCUT2D eigenvalue weighted by Gasteiger charge is -2.12. The van der Waals surface area contributed by atoms with E-state index in [1.165, 1.54) is 35.2 Å². The topological polar surface area (TPSA) is 88.7 Å². The lowest BCUT2D eigenvalue weighted by molar-refractivity contribution is -0.384. The average Bonchev–Trinajstić information content (AvgIpc) is 3.40. The first kappa shape index (κ1) is 21.7. The summed E-state index contributed by atoms with van der Waals surface area (Å²) in [5.41, 5.74) is 3.32. The number of aliphatic imine (C=N–C) groups is 1. The van der Waals surface area contributed by atoms with E-state index in [1.54, 1.807) is 23.1 Å². The van der Waals surface area contributed by atoms with Gasteiger partial charge in [0.15, 0.2) is 5.17 Å². The van der Waals surface area contributed by atoms with Crippen LogP contribution in [0.3, 0.4) is 0 Å².